The molecule has 41 heavy (non-hydrogen) atoms. The summed E-state index contributed by atoms with van der Waals surface area (Å²) in [5.74, 6) is -1.31. The molecule has 0 aromatic heterocycles. The van der Waals surface area contributed by atoms with Crippen LogP contribution in [0.25, 0.3) is 0 Å². The summed E-state index contributed by atoms with van der Waals surface area (Å²) in [6, 6.07) is 0. The van der Waals surface area contributed by atoms with Crippen LogP contribution in [0.2, 0.25) is 0 Å². The predicted octanol–water partition coefficient (Wildman–Crippen LogP) is 12.7. The van der Waals surface area contributed by atoms with Crippen LogP contribution >= 0.6 is 0 Å². The Morgan fingerprint density at radius 2 is 0.463 bits per heavy atom. The standard InChI is InChI=1S/2C18H36O2.Zn/c2*1-2-3-4-5-6-7-8-9-10-11-12-13-14-15-16-17-18(19)20;/h2*2-17H2,1H3,(H,19,20);. The van der Waals surface area contributed by atoms with Crippen molar-refractivity contribution in [3.8, 4) is 0 Å². The Labute approximate surface area is 269 Å². The summed E-state index contributed by atoms with van der Waals surface area (Å²) >= 11 is 0. The second-order valence-electron chi connectivity index (χ2n) is 12.2. The Kier molecular flexibility index (Phi) is 45.8. The third kappa shape index (κ3) is 49.6. The first-order valence-electron chi connectivity index (χ1n) is 18.0. The minimum absolute atomic E-state index is 0. The molecule has 0 aromatic carbocycles. The van der Waals surface area contributed by atoms with Gasteiger partial charge in [0.15, 0.2) is 0 Å². The minimum Gasteiger partial charge on any atom is -0.481 e. The zero-order valence-electron chi connectivity index (χ0n) is 28.0. The minimum atomic E-state index is -0.653. The number of carboxylic acid groups (broad SMARTS) is 2. The Hall–Kier alpha value is -0.437. The first-order valence-corrected chi connectivity index (χ1v) is 18.0. The van der Waals surface area contributed by atoms with Gasteiger partial charge in [0.2, 0.25) is 0 Å². The van der Waals surface area contributed by atoms with Crippen LogP contribution in [-0.2, 0) is 29.1 Å². The zero-order chi connectivity index (χ0) is 29.8. The van der Waals surface area contributed by atoms with E-state index in [2.05, 4.69) is 13.8 Å². The van der Waals surface area contributed by atoms with Crippen molar-refractivity contribution < 1.29 is 39.3 Å². The van der Waals surface area contributed by atoms with E-state index < -0.39 is 11.9 Å². The van der Waals surface area contributed by atoms with Crippen LogP contribution in [0.5, 0.6) is 0 Å². The molecule has 4 nitrogen and oxygen atoms in total. The van der Waals surface area contributed by atoms with Gasteiger partial charge in [-0.05, 0) is 12.8 Å². The van der Waals surface area contributed by atoms with Crippen LogP contribution in [0.15, 0.2) is 0 Å². The van der Waals surface area contributed by atoms with Crippen LogP contribution in [0.1, 0.15) is 219 Å². The van der Waals surface area contributed by atoms with Crippen LogP contribution in [0, 0.1) is 0 Å². The van der Waals surface area contributed by atoms with Crippen molar-refractivity contribution >= 4 is 11.9 Å². The summed E-state index contributed by atoms with van der Waals surface area (Å²) in [5, 5.41) is 17.0. The van der Waals surface area contributed by atoms with Crippen molar-refractivity contribution in [3.05, 3.63) is 0 Å². The Bertz CT molecular complexity index is 454. The van der Waals surface area contributed by atoms with E-state index in [1.807, 2.05) is 0 Å². The van der Waals surface area contributed by atoms with Crippen LogP contribution in [0.3, 0.4) is 0 Å². The van der Waals surface area contributed by atoms with Gasteiger partial charge in [0, 0.05) is 32.3 Å². The summed E-state index contributed by atoms with van der Waals surface area (Å²) in [6.07, 6.45) is 40.4. The second kappa shape index (κ2) is 41.7. The first kappa shape index (κ1) is 45.0. The molecular formula is C36H72O4Zn. The molecule has 242 valence electrons. The maximum Gasteiger partial charge on any atom is 0.303 e. The van der Waals surface area contributed by atoms with Crippen molar-refractivity contribution in [3.63, 3.8) is 0 Å². The third-order valence-corrected chi connectivity index (χ3v) is 7.99. The molecule has 0 saturated heterocycles. The molecular weight excluding hydrogens is 562 g/mol. The summed E-state index contributed by atoms with van der Waals surface area (Å²) in [5.41, 5.74) is 0. The predicted molar refractivity (Wildman–Crippen MR) is 174 cm³/mol. The smallest absolute Gasteiger partial charge is 0.303 e. The molecule has 0 aliphatic rings. The summed E-state index contributed by atoms with van der Waals surface area (Å²) in [6.45, 7) is 4.54. The van der Waals surface area contributed by atoms with Gasteiger partial charge >= 0.3 is 11.9 Å². The van der Waals surface area contributed by atoms with E-state index in [0.717, 1.165) is 25.7 Å². The number of rotatable bonds is 32. The van der Waals surface area contributed by atoms with E-state index in [0.29, 0.717) is 12.8 Å². The van der Waals surface area contributed by atoms with Gasteiger partial charge in [-0.1, -0.05) is 194 Å². The van der Waals surface area contributed by atoms with E-state index in [9.17, 15) is 9.59 Å². The maximum absolute atomic E-state index is 10.3. The number of aliphatic carboxylic acids is 2. The van der Waals surface area contributed by atoms with Crippen molar-refractivity contribution in [2.75, 3.05) is 0 Å². The molecule has 0 spiro atoms. The molecule has 0 bridgehead atoms. The van der Waals surface area contributed by atoms with Gasteiger partial charge in [0.1, 0.15) is 0 Å². The third-order valence-electron chi connectivity index (χ3n) is 7.99. The Balaban J connectivity index is -0.000000688. The number of carboxylic acids is 2. The van der Waals surface area contributed by atoms with E-state index in [1.54, 1.807) is 0 Å². The molecule has 0 aliphatic heterocycles. The molecule has 0 amide bonds. The van der Waals surface area contributed by atoms with E-state index in [1.165, 1.54) is 167 Å². The number of hydrogen-bond donors (Lipinski definition) is 2. The molecule has 0 rings (SSSR count). The van der Waals surface area contributed by atoms with Crippen molar-refractivity contribution in [2.24, 2.45) is 0 Å². The van der Waals surface area contributed by atoms with Gasteiger partial charge in [-0.25, -0.2) is 0 Å². The van der Waals surface area contributed by atoms with Gasteiger partial charge < -0.3 is 10.2 Å². The normalized spacial score (nSPS) is 10.6. The summed E-state index contributed by atoms with van der Waals surface area (Å²) in [4.78, 5) is 20.7. The van der Waals surface area contributed by atoms with Crippen LogP contribution in [0.4, 0.5) is 0 Å². The average Bonchev–Trinajstić information content (AvgIpc) is 2.93. The van der Waals surface area contributed by atoms with Crippen LogP contribution < -0.4 is 0 Å². The topological polar surface area (TPSA) is 74.6 Å². The van der Waals surface area contributed by atoms with E-state index in [-0.39, 0.29) is 19.5 Å². The largest absolute Gasteiger partial charge is 0.481 e. The van der Waals surface area contributed by atoms with Crippen molar-refractivity contribution in [1.82, 2.24) is 0 Å². The fraction of sp³-hybridized carbons (Fsp3) is 0.944. The first-order chi connectivity index (χ1) is 19.5. The van der Waals surface area contributed by atoms with Gasteiger partial charge in [-0.2, -0.15) is 0 Å². The number of carbonyl (C=O) groups is 2. The monoisotopic (exact) mass is 632 g/mol. The molecule has 0 aromatic rings. The summed E-state index contributed by atoms with van der Waals surface area (Å²) in [7, 11) is 0. The quantitative estimate of drug-likeness (QED) is 0.0570. The molecule has 0 radical (unpaired) electrons. The molecule has 2 N–H and O–H groups in total. The molecule has 0 heterocycles. The molecule has 0 unspecified atom stereocenters. The molecule has 0 fully saturated rings. The fourth-order valence-corrected chi connectivity index (χ4v) is 5.30. The molecule has 5 heteroatoms. The maximum atomic E-state index is 10.3. The summed E-state index contributed by atoms with van der Waals surface area (Å²) < 4.78 is 0. The molecule has 0 aliphatic carbocycles. The SMILES string of the molecule is CCCCCCCCCCCCCCCCCC(=O)O.CCCCCCCCCCCCCCCCCC(=O)O.[Zn]. The average molecular weight is 634 g/mol. The zero-order valence-corrected chi connectivity index (χ0v) is 31.0. The number of unbranched alkanes of at least 4 members (excludes halogenated alkanes) is 28. The van der Waals surface area contributed by atoms with Gasteiger partial charge in [0.25, 0.3) is 0 Å². The second-order valence-corrected chi connectivity index (χ2v) is 12.2. The van der Waals surface area contributed by atoms with Gasteiger partial charge in [-0.3, -0.25) is 9.59 Å². The molecule has 0 saturated carbocycles. The van der Waals surface area contributed by atoms with Gasteiger partial charge in [0.05, 0.1) is 0 Å². The Morgan fingerprint density at radius 1 is 0.317 bits per heavy atom. The van der Waals surface area contributed by atoms with Crippen LogP contribution in [-0.4, -0.2) is 22.2 Å². The molecule has 0 atom stereocenters. The number of hydrogen-bond acceptors (Lipinski definition) is 2. The van der Waals surface area contributed by atoms with E-state index in [4.69, 9.17) is 10.2 Å². The Morgan fingerprint density at radius 3 is 0.610 bits per heavy atom. The van der Waals surface area contributed by atoms with Gasteiger partial charge in [-0.15, -0.1) is 0 Å². The fourth-order valence-electron chi connectivity index (χ4n) is 5.30. The van der Waals surface area contributed by atoms with E-state index >= 15 is 0 Å². The van der Waals surface area contributed by atoms with Crippen molar-refractivity contribution in [1.29, 1.82) is 0 Å². The van der Waals surface area contributed by atoms with Crippen molar-refractivity contribution in [2.45, 2.75) is 219 Å².